The molecule has 0 aliphatic carbocycles. The maximum atomic E-state index is 13.2. The van der Waals surface area contributed by atoms with E-state index in [9.17, 15) is 18.0 Å². The number of rotatable bonds is 7. The minimum Gasteiger partial charge on any atom is -0.495 e. The van der Waals surface area contributed by atoms with Gasteiger partial charge in [0.1, 0.15) is 16.7 Å². The number of ether oxygens (including phenoxy) is 1. The molecule has 31 heavy (non-hydrogen) atoms. The van der Waals surface area contributed by atoms with Gasteiger partial charge in [0.05, 0.1) is 7.11 Å². The van der Waals surface area contributed by atoms with E-state index in [1.54, 1.807) is 26.0 Å². The van der Waals surface area contributed by atoms with Crippen molar-refractivity contribution in [1.29, 1.82) is 0 Å². The van der Waals surface area contributed by atoms with Crippen LogP contribution < -0.4 is 14.8 Å². The SMILES string of the molecule is COc1ccc(C(=O)N2CCCC2C(=O)Nc2ccccc2)cc1S(=O)(=O)NC(C)C. The van der Waals surface area contributed by atoms with Crippen LogP contribution in [0.25, 0.3) is 0 Å². The molecule has 2 amide bonds. The van der Waals surface area contributed by atoms with Gasteiger partial charge < -0.3 is 15.0 Å². The molecule has 1 fully saturated rings. The van der Waals surface area contributed by atoms with Gasteiger partial charge in [0, 0.05) is 23.8 Å². The van der Waals surface area contributed by atoms with Crippen LogP contribution in [0.3, 0.4) is 0 Å². The third-order valence-electron chi connectivity index (χ3n) is 4.95. The van der Waals surface area contributed by atoms with Crippen LogP contribution in [-0.4, -0.2) is 50.9 Å². The minimum atomic E-state index is -3.88. The van der Waals surface area contributed by atoms with E-state index in [0.29, 0.717) is 25.1 Å². The number of benzene rings is 2. The Morgan fingerprint density at radius 1 is 1.13 bits per heavy atom. The monoisotopic (exact) mass is 445 g/mol. The van der Waals surface area contributed by atoms with Crippen LogP contribution in [0.4, 0.5) is 5.69 Å². The van der Waals surface area contributed by atoms with Gasteiger partial charge in [-0.05, 0) is 57.0 Å². The molecule has 1 saturated heterocycles. The molecule has 3 rings (SSSR count). The minimum absolute atomic E-state index is 0.112. The molecule has 166 valence electrons. The third-order valence-corrected chi connectivity index (χ3v) is 6.63. The second-order valence-electron chi connectivity index (χ2n) is 7.65. The Balaban J connectivity index is 1.86. The molecule has 9 heteroatoms. The zero-order chi connectivity index (χ0) is 22.6. The van der Waals surface area contributed by atoms with E-state index < -0.39 is 22.0 Å². The summed E-state index contributed by atoms with van der Waals surface area (Å²) in [6.07, 6.45) is 1.23. The van der Waals surface area contributed by atoms with Crippen molar-refractivity contribution >= 4 is 27.5 Å². The van der Waals surface area contributed by atoms with E-state index in [1.807, 2.05) is 18.2 Å². The molecule has 2 N–H and O–H groups in total. The van der Waals surface area contributed by atoms with Gasteiger partial charge in [0.15, 0.2) is 0 Å². The molecular formula is C22H27N3O5S. The van der Waals surface area contributed by atoms with Crippen LogP contribution >= 0.6 is 0 Å². The van der Waals surface area contributed by atoms with Crippen molar-refractivity contribution in [3.05, 3.63) is 54.1 Å². The fourth-order valence-corrected chi connectivity index (χ4v) is 5.03. The van der Waals surface area contributed by atoms with Crippen LogP contribution in [0, 0.1) is 0 Å². The summed E-state index contributed by atoms with van der Waals surface area (Å²) >= 11 is 0. The van der Waals surface area contributed by atoms with Crippen LogP contribution in [0.1, 0.15) is 37.0 Å². The first-order valence-corrected chi connectivity index (χ1v) is 11.6. The van der Waals surface area contributed by atoms with Crippen molar-refractivity contribution in [1.82, 2.24) is 9.62 Å². The maximum absolute atomic E-state index is 13.2. The summed E-state index contributed by atoms with van der Waals surface area (Å²) < 4.78 is 33.1. The number of para-hydroxylation sites is 1. The first kappa shape index (κ1) is 22.8. The summed E-state index contributed by atoms with van der Waals surface area (Å²) in [6, 6.07) is 12.4. The molecule has 0 aromatic heterocycles. The van der Waals surface area contributed by atoms with E-state index in [4.69, 9.17) is 4.74 Å². The van der Waals surface area contributed by atoms with E-state index in [2.05, 4.69) is 10.0 Å². The van der Waals surface area contributed by atoms with Gasteiger partial charge in [-0.2, -0.15) is 0 Å². The highest BCUT2D eigenvalue weighted by atomic mass is 32.2. The Bertz CT molecular complexity index is 1050. The molecule has 8 nitrogen and oxygen atoms in total. The molecule has 1 unspecified atom stereocenters. The number of likely N-dealkylation sites (tertiary alicyclic amines) is 1. The van der Waals surface area contributed by atoms with Crippen LogP contribution in [-0.2, 0) is 14.8 Å². The molecule has 0 spiro atoms. The Morgan fingerprint density at radius 3 is 2.48 bits per heavy atom. The summed E-state index contributed by atoms with van der Waals surface area (Å²) in [5.41, 5.74) is 0.841. The van der Waals surface area contributed by atoms with Crippen LogP contribution in [0.15, 0.2) is 53.4 Å². The largest absolute Gasteiger partial charge is 0.495 e. The highest BCUT2D eigenvalue weighted by molar-refractivity contribution is 7.89. The van der Waals surface area contributed by atoms with Crippen LogP contribution in [0.2, 0.25) is 0 Å². The van der Waals surface area contributed by atoms with Gasteiger partial charge in [-0.25, -0.2) is 13.1 Å². The first-order chi connectivity index (χ1) is 14.7. The Hall–Kier alpha value is -2.91. The molecule has 1 heterocycles. The van der Waals surface area contributed by atoms with Gasteiger partial charge in [0.2, 0.25) is 15.9 Å². The molecule has 1 aliphatic rings. The van der Waals surface area contributed by atoms with Crippen molar-refractivity contribution < 1.29 is 22.7 Å². The van der Waals surface area contributed by atoms with Gasteiger partial charge in [-0.1, -0.05) is 18.2 Å². The molecule has 0 bridgehead atoms. The predicted octanol–water partition coefficient (Wildman–Crippen LogP) is 2.63. The lowest BCUT2D eigenvalue weighted by molar-refractivity contribution is -0.119. The maximum Gasteiger partial charge on any atom is 0.254 e. The van der Waals surface area contributed by atoms with Crippen molar-refractivity contribution in [2.75, 3.05) is 19.0 Å². The van der Waals surface area contributed by atoms with E-state index in [1.165, 1.54) is 30.2 Å². The second kappa shape index (κ2) is 9.49. The normalized spacial score (nSPS) is 16.4. The van der Waals surface area contributed by atoms with Gasteiger partial charge in [-0.15, -0.1) is 0 Å². The number of hydrogen-bond acceptors (Lipinski definition) is 5. The summed E-state index contributed by atoms with van der Waals surface area (Å²) in [4.78, 5) is 27.4. The Morgan fingerprint density at radius 2 is 1.84 bits per heavy atom. The lowest BCUT2D eigenvalue weighted by Gasteiger charge is -2.24. The quantitative estimate of drug-likeness (QED) is 0.682. The molecule has 1 aliphatic heterocycles. The van der Waals surface area contributed by atoms with E-state index in [-0.39, 0.29) is 28.2 Å². The molecule has 2 aromatic rings. The highest BCUT2D eigenvalue weighted by Crippen LogP contribution is 2.28. The third kappa shape index (κ3) is 5.23. The average Bonchev–Trinajstić information content (AvgIpc) is 3.22. The lowest BCUT2D eigenvalue weighted by Crippen LogP contribution is -2.43. The number of nitrogens with one attached hydrogen (secondary N) is 2. The molecule has 2 aromatic carbocycles. The number of anilines is 1. The highest BCUT2D eigenvalue weighted by Gasteiger charge is 2.35. The number of nitrogens with zero attached hydrogens (tertiary/aromatic N) is 1. The van der Waals surface area contributed by atoms with Crippen molar-refractivity contribution in [3.8, 4) is 5.75 Å². The number of amides is 2. The van der Waals surface area contributed by atoms with Gasteiger partial charge in [0.25, 0.3) is 5.91 Å². The Labute approximate surface area is 182 Å². The van der Waals surface area contributed by atoms with Crippen molar-refractivity contribution in [3.63, 3.8) is 0 Å². The lowest BCUT2D eigenvalue weighted by atomic mass is 10.1. The predicted molar refractivity (Wildman–Crippen MR) is 118 cm³/mol. The number of sulfonamides is 1. The van der Waals surface area contributed by atoms with E-state index in [0.717, 1.165) is 0 Å². The number of methoxy groups -OCH3 is 1. The number of hydrogen-bond donors (Lipinski definition) is 2. The smallest absolute Gasteiger partial charge is 0.254 e. The summed E-state index contributed by atoms with van der Waals surface area (Å²) in [5.74, 6) is -0.515. The van der Waals surface area contributed by atoms with E-state index >= 15 is 0 Å². The average molecular weight is 446 g/mol. The number of carbonyl (C=O) groups is 2. The first-order valence-electron chi connectivity index (χ1n) is 10.1. The fourth-order valence-electron chi connectivity index (χ4n) is 3.59. The zero-order valence-corrected chi connectivity index (χ0v) is 18.6. The second-order valence-corrected chi connectivity index (χ2v) is 9.34. The zero-order valence-electron chi connectivity index (χ0n) is 17.8. The molecule has 0 radical (unpaired) electrons. The van der Waals surface area contributed by atoms with Crippen LogP contribution in [0.5, 0.6) is 5.75 Å². The summed E-state index contributed by atoms with van der Waals surface area (Å²) in [7, 11) is -2.51. The summed E-state index contributed by atoms with van der Waals surface area (Å²) in [5, 5.41) is 2.84. The molecule has 1 atom stereocenters. The Kier molecular flexibility index (Phi) is 6.97. The number of carbonyl (C=O) groups excluding carboxylic acids is 2. The standard InChI is InChI=1S/C22H27N3O5S/c1-15(2)24-31(28,29)20-14-16(11-12-19(20)30-3)22(27)25-13-7-10-18(25)21(26)23-17-8-5-4-6-9-17/h4-6,8-9,11-12,14-15,18,24H,7,10,13H2,1-3H3,(H,23,26). The molecule has 0 saturated carbocycles. The summed E-state index contributed by atoms with van der Waals surface area (Å²) in [6.45, 7) is 3.84. The fraction of sp³-hybridized carbons (Fsp3) is 0.364. The van der Waals surface area contributed by atoms with Crippen molar-refractivity contribution in [2.24, 2.45) is 0 Å². The molecular weight excluding hydrogens is 418 g/mol. The topological polar surface area (TPSA) is 105 Å². The van der Waals surface area contributed by atoms with Gasteiger partial charge >= 0.3 is 0 Å². The van der Waals surface area contributed by atoms with Crippen molar-refractivity contribution in [2.45, 2.75) is 43.7 Å². The van der Waals surface area contributed by atoms with Gasteiger partial charge in [-0.3, -0.25) is 9.59 Å².